The molecule has 1 N–H and O–H groups in total. The molecule has 1 heterocycles. The first kappa shape index (κ1) is 16.9. The minimum Gasteiger partial charge on any atom is -0.381 e. The van der Waals surface area contributed by atoms with Gasteiger partial charge >= 0.3 is 0 Å². The van der Waals surface area contributed by atoms with Gasteiger partial charge in [-0.1, -0.05) is 41.9 Å². The molecule has 0 unspecified atom stereocenters. The van der Waals surface area contributed by atoms with Crippen LogP contribution in [0.1, 0.15) is 28.8 Å². The van der Waals surface area contributed by atoms with Gasteiger partial charge in [0.05, 0.1) is 5.56 Å². The second-order valence-electron chi connectivity index (χ2n) is 6.07. The summed E-state index contributed by atoms with van der Waals surface area (Å²) < 4.78 is 19.4. The lowest BCUT2D eigenvalue weighted by Crippen LogP contribution is -2.44. The third-order valence-corrected chi connectivity index (χ3v) is 4.83. The predicted octanol–water partition coefficient (Wildman–Crippen LogP) is 3.96. The highest BCUT2D eigenvalue weighted by molar-refractivity contribution is 6.30. The van der Waals surface area contributed by atoms with Crippen LogP contribution in [0.5, 0.6) is 0 Å². The molecule has 24 heavy (non-hydrogen) atoms. The lowest BCUT2D eigenvalue weighted by molar-refractivity contribution is 0.0487. The van der Waals surface area contributed by atoms with E-state index >= 15 is 0 Å². The molecule has 0 spiro atoms. The number of carbonyl (C=O) groups is 1. The number of hydrogen-bond donors (Lipinski definition) is 1. The molecule has 1 amide bonds. The highest BCUT2D eigenvalue weighted by Crippen LogP contribution is 2.34. The number of benzene rings is 2. The molecule has 3 nitrogen and oxygen atoms in total. The number of carbonyl (C=O) groups excluding carboxylic acids is 1. The molecule has 3 rings (SSSR count). The summed E-state index contributed by atoms with van der Waals surface area (Å²) in [5, 5.41) is 3.16. The number of amides is 1. The van der Waals surface area contributed by atoms with E-state index < -0.39 is 11.7 Å². The van der Waals surface area contributed by atoms with Gasteiger partial charge in [-0.05, 0) is 36.6 Å². The Morgan fingerprint density at radius 3 is 2.54 bits per heavy atom. The van der Waals surface area contributed by atoms with Crippen molar-refractivity contribution in [1.82, 2.24) is 5.32 Å². The maximum Gasteiger partial charge on any atom is 0.254 e. The summed E-state index contributed by atoms with van der Waals surface area (Å²) in [5.41, 5.74) is 0.998. The SMILES string of the molecule is O=C(NCC1(c2ccccc2)CCOCC1)c1ccc(Cl)cc1F. The third kappa shape index (κ3) is 3.60. The summed E-state index contributed by atoms with van der Waals surface area (Å²) in [6.45, 7) is 1.75. The Kier molecular flexibility index (Phi) is 5.17. The molecule has 5 heteroatoms. The molecule has 0 bridgehead atoms. The molecule has 2 aromatic rings. The van der Waals surface area contributed by atoms with E-state index in [0.29, 0.717) is 19.8 Å². The lowest BCUT2D eigenvalue weighted by Gasteiger charge is -2.38. The fourth-order valence-corrected chi connectivity index (χ4v) is 3.30. The van der Waals surface area contributed by atoms with E-state index in [1.807, 2.05) is 18.2 Å². The first-order chi connectivity index (χ1) is 11.6. The van der Waals surface area contributed by atoms with Gasteiger partial charge < -0.3 is 10.1 Å². The van der Waals surface area contributed by atoms with Gasteiger partial charge in [-0.25, -0.2) is 4.39 Å². The molecule has 1 saturated heterocycles. The highest BCUT2D eigenvalue weighted by Gasteiger charge is 2.34. The number of halogens is 2. The summed E-state index contributed by atoms with van der Waals surface area (Å²) in [6, 6.07) is 14.2. The van der Waals surface area contributed by atoms with Gasteiger partial charge in [0.15, 0.2) is 0 Å². The Labute approximate surface area is 145 Å². The average Bonchev–Trinajstić information content (AvgIpc) is 2.61. The standard InChI is InChI=1S/C19H19ClFNO2/c20-15-6-7-16(17(21)12-15)18(23)22-13-19(8-10-24-11-9-19)14-4-2-1-3-5-14/h1-7,12H,8-11,13H2,(H,22,23). The van der Waals surface area contributed by atoms with Crippen LogP contribution in [-0.4, -0.2) is 25.7 Å². The summed E-state index contributed by atoms with van der Waals surface area (Å²) in [4.78, 5) is 12.4. The second kappa shape index (κ2) is 7.32. The van der Waals surface area contributed by atoms with Crippen LogP contribution in [0.15, 0.2) is 48.5 Å². The summed E-state index contributed by atoms with van der Waals surface area (Å²) in [6.07, 6.45) is 1.64. The van der Waals surface area contributed by atoms with Crippen LogP contribution < -0.4 is 5.32 Å². The van der Waals surface area contributed by atoms with Gasteiger partial charge in [-0.15, -0.1) is 0 Å². The molecule has 0 saturated carbocycles. The van der Waals surface area contributed by atoms with E-state index in [1.54, 1.807) is 0 Å². The Hall–Kier alpha value is -1.91. The van der Waals surface area contributed by atoms with Gasteiger partial charge in [-0.2, -0.15) is 0 Å². The predicted molar refractivity (Wildman–Crippen MR) is 91.9 cm³/mol. The first-order valence-electron chi connectivity index (χ1n) is 7.97. The number of nitrogens with one attached hydrogen (secondary N) is 1. The van der Waals surface area contributed by atoms with E-state index in [0.717, 1.165) is 18.9 Å². The fourth-order valence-electron chi connectivity index (χ4n) is 3.14. The monoisotopic (exact) mass is 347 g/mol. The van der Waals surface area contributed by atoms with Gasteiger partial charge in [0.2, 0.25) is 0 Å². The minimum atomic E-state index is -0.610. The summed E-state index contributed by atoms with van der Waals surface area (Å²) in [7, 11) is 0. The molecule has 1 fully saturated rings. The van der Waals surface area contributed by atoms with Crippen LogP contribution in [0.4, 0.5) is 4.39 Å². The third-order valence-electron chi connectivity index (χ3n) is 4.60. The van der Waals surface area contributed by atoms with Crippen LogP contribution in [0.2, 0.25) is 5.02 Å². The van der Waals surface area contributed by atoms with E-state index in [2.05, 4.69) is 17.4 Å². The molecular weight excluding hydrogens is 329 g/mol. The van der Waals surface area contributed by atoms with E-state index in [4.69, 9.17) is 16.3 Å². The summed E-state index contributed by atoms with van der Waals surface area (Å²) >= 11 is 5.74. The zero-order chi connectivity index (χ0) is 17.0. The molecule has 1 aliphatic rings. The number of ether oxygens (including phenoxy) is 1. The Morgan fingerprint density at radius 2 is 1.88 bits per heavy atom. The van der Waals surface area contributed by atoms with Crippen LogP contribution >= 0.6 is 11.6 Å². The maximum atomic E-state index is 13.9. The van der Waals surface area contributed by atoms with Crippen LogP contribution in [0.25, 0.3) is 0 Å². The van der Waals surface area contributed by atoms with E-state index in [1.165, 1.54) is 17.7 Å². The van der Waals surface area contributed by atoms with Crippen molar-refractivity contribution in [3.63, 3.8) is 0 Å². The van der Waals surface area contributed by atoms with Crippen molar-refractivity contribution in [2.75, 3.05) is 19.8 Å². The molecular formula is C19H19ClFNO2. The van der Waals surface area contributed by atoms with Crippen molar-refractivity contribution in [3.05, 3.63) is 70.5 Å². The maximum absolute atomic E-state index is 13.9. The number of hydrogen-bond acceptors (Lipinski definition) is 2. The molecule has 126 valence electrons. The summed E-state index contributed by atoms with van der Waals surface area (Å²) in [5.74, 6) is -1.04. The van der Waals surface area contributed by atoms with Crippen molar-refractivity contribution in [2.24, 2.45) is 0 Å². The van der Waals surface area contributed by atoms with Crippen molar-refractivity contribution < 1.29 is 13.9 Å². The fraction of sp³-hybridized carbons (Fsp3) is 0.316. The molecule has 2 aromatic carbocycles. The smallest absolute Gasteiger partial charge is 0.254 e. The second-order valence-corrected chi connectivity index (χ2v) is 6.50. The van der Waals surface area contributed by atoms with E-state index in [9.17, 15) is 9.18 Å². The van der Waals surface area contributed by atoms with Crippen molar-refractivity contribution >= 4 is 17.5 Å². The van der Waals surface area contributed by atoms with Crippen molar-refractivity contribution in [1.29, 1.82) is 0 Å². The quantitative estimate of drug-likeness (QED) is 0.909. The molecule has 0 aromatic heterocycles. The van der Waals surface area contributed by atoms with Crippen LogP contribution in [0.3, 0.4) is 0 Å². The largest absolute Gasteiger partial charge is 0.381 e. The van der Waals surface area contributed by atoms with Crippen LogP contribution in [0, 0.1) is 5.82 Å². The number of rotatable bonds is 4. The zero-order valence-electron chi connectivity index (χ0n) is 13.2. The van der Waals surface area contributed by atoms with E-state index in [-0.39, 0.29) is 16.0 Å². The highest BCUT2D eigenvalue weighted by atomic mass is 35.5. The normalized spacial score (nSPS) is 16.6. The minimum absolute atomic E-state index is 0.00895. The zero-order valence-corrected chi connectivity index (χ0v) is 14.0. The van der Waals surface area contributed by atoms with Crippen molar-refractivity contribution in [3.8, 4) is 0 Å². The van der Waals surface area contributed by atoms with Crippen LogP contribution in [-0.2, 0) is 10.2 Å². The average molecular weight is 348 g/mol. The Morgan fingerprint density at radius 1 is 1.17 bits per heavy atom. The van der Waals surface area contributed by atoms with Gasteiger partial charge in [0.1, 0.15) is 5.82 Å². The van der Waals surface area contributed by atoms with Gasteiger partial charge in [0.25, 0.3) is 5.91 Å². The molecule has 1 aliphatic heterocycles. The Balaban J connectivity index is 1.78. The first-order valence-corrected chi connectivity index (χ1v) is 8.35. The van der Waals surface area contributed by atoms with Crippen molar-refractivity contribution in [2.45, 2.75) is 18.3 Å². The molecule has 0 aliphatic carbocycles. The lowest BCUT2D eigenvalue weighted by atomic mass is 9.74. The molecule has 0 radical (unpaired) electrons. The molecule has 0 atom stereocenters. The Bertz CT molecular complexity index is 715. The van der Waals surface area contributed by atoms with Gasteiger partial charge in [0, 0.05) is 30.2 Å². The topological polar surface area (TPSA) is 38.3 Å². The van der Waals surface area contributed by atoms with Gasteiger partial charge in [-0.3, -0.25) is 4.79 Å².